The molecule has 0 amide bonds. The third-order valence-electron chi connectivity index (χ3n) is 7.81. The van der Waals surface area contributed by atoms with E-state index in [0.29, 0.717) is 24.2 Å². The Bertz CT molecular complexity index is 469. The highest BCUT2D eigenvalue weighted by Gasteiger charge is 2.46. The van der Waals surface area contributed by atoms with Gasteiger partial charge in [0, 0.05) is 34.4 Å². The Kier molecular flexibility index (Phi) is 9.75. The molecule has 180 valence electrons. The van der Waals surface area contributed by atoms with Crippen molar-refractivity contribution in [1.82, 2.24) is 9.80 Å². The van der Waals surface area contributed by atoms with Crippen molar-refractivity contribution in [1.29, 1.82) is 0 Å². The van der Waals surface area contributed by atoms with E-state index < -0.39 is 0 Å². The molecule has 4 atom stereocenters. The Morgan fingerprint density at radius 1 is 0.533 bits per heavy atom. The third kappa shape index (κ3) is 7.48. The minimum Gasteiger partial charge on any atom is -0.278 e. The van der Waals surface area contributed by atoms with Gasteiger partial charge in [-0.2, -0.15) is 0 Å². The molecule has 4 unspecified atom stereocenters. The van der Waals surface area contributed by atoms with Crippen LogP contribution in [0.5, 0.6) is 0 Å². The van der Waals surface area contributed by atoms with Gasteiger partial charge in [0.1, 0.15) is 0 Å². The van der Waals surface area contributed by atoms with Gasteiger partial charge in [-0.1, -0.05) is 88.3 Å². The molecule has 2 nitrogen and oxygen atoms in total. The number of hydrogen-bond donors (Lipinski definition) is 0. The molecule has 0 fully saturated rings. The lowest BCUT2D eigenvalue weighted by Gasteiger charge is -2.58. The Balaban J connectivity index is 6.95. The largest absolute Gasteiger partial charge is 0.278 e. The summed E-state index contributed by atoms with van der Waals surface area (Å²) in [6.07, 6.45) is 0.253. The van der Waals surface area contributed by atoms with Crippen LogP contribution in [0, 0.1) is 21.7 Å². The smallest absolute Gasteiger partial charge is 0.0806 e. The van der Waals surface area contributed by atoms with Crippen molar-refractivity contribution in [2.75, 3.05) is 0 Å². The van der Waals surface area contributed by atoms with Crippen molar-refractivity contribution in [2.24, 2.45) is 21.7 Å². The van der Waals surface area contributed by atoms with Crippen LogP contribution in [0.2, 0.25) is 0 Å². The second-order valence-corrected chi connectivity index (χ2v) is 15.6. The van der Waals surface area contributed by atoms with E-state index in [9.17, 15) is 0 Å². The van der Waals surface area contributed by atoms with Gasteiger partial charge in [-0.05, 0) is 49.4 Å². The zero-order valence-electron chi connectivity index (χ0n) is 24.0. The molecule has 3 heteroatoms. The molecule has 0 saturated carbocycles. The SMILES string of the molecule is C=C([SiH3])C(N(C(C)C(C)(C)C)C(C)C(C)(C)C)N(C(C)C(C)(C)C)C(C)C(C)(C)C. The van der Waals surface area contributed by atoms with Crippen LogP contribution in [-0.4, -0.2) is 50.4 Å². The monoisotopic (exact) mass is 438 g/mol. The summed E-state index contributed by atoms with van der Waals surface area (Å²) in [4.78, 5) is 5.64. The lowest BCUT2D eigenvalue weighted by atomic mass is 9.78. The summed E-state index contributed by atoms with van der Waals surface area (Å²) in [5.41, 5.74) is 0.763. The van der Waals surface area contributed by atoms with Gasteiger partial charge in [0.05, 0.1) is 6.17 Å². The minimum atomic E-state index is 0.191. The van der Waals surface area contributed by atoms with E-state index in [1.165, 1.54) is 5.20 Å². The fourth-order valence-corrected chi connectivity index (χ4v) is 4.57. The van der Waals surface area contributed by atoms with Crippen LogP contribution in [0.1, 0.15) is 111 Å². The van der Waals surface area contributed by atoms with Gasteiger partial charge in [-0.15, -0.1) is 6.58 Å². The van der Waals surface area contributed by atoms with Crippen molar-refractivity contribution in [3.63, 3.8) is 0 Å². The van der Waals surface area contributed by atoms with E-state index in [-0.39, 0.29) is 27.8 Å². The molecule has 0 bridgehead atoms. The number of rotatable bonds is 7. The first-order chi connectivity index (χ1) is 13.0. The van der Waals surface area contributed by atoms with Crippen LogP contribution in [0.4, 0.5) is 0 Å². The van der Waals surface area contributed by atoms with Crippen LogP contribution in [-0.2, 0) is 0 Å². The van der Waals surface area contributed by atoms with Crippen LogP contribution in [0.25, 0.3) is 0 Å². The van der Waals surface area contributed by atoms with E-state index in [4.69, 9.17) is 0 Å². The fourth-order valence-electron chi connectivity index (χ4n) is 3.97. The van der Waals surface area contributed by atoms with Gasteiger partial charge in [-0.3, -0.25) is 9.80 Å². The molecular weight excluding hydrogens is 380 g/mol. The standard InChI is InChI=1S/C27H58N2Si/c1-18(30)23(28(19(2)24(6,7)8)20(3)25(9,10)11)29(21(4)26(12,13)14)22(5)27(15,16)17/h19-23H,1H2,2-17,30H3. The van der Waals surface area contributed by atoms with Gasteiger partial charge in [0.25, 0.3) is 0 Å². The highest BCUT2D eigenvalue weighted by atomic mass is 28.1. The van der Waals surface area contributed by atoms with E-state index in [1.807, 2.05) is 0 Å². The van der Waals surface area contributed by atoms with Crippen molar-refractivity contribution in [2.45, 2.75) is 141 Å². The second-order valence-electron chi connectivity index (χ2n) is 14.3. The molecule has 0 rings (SSSR count). The first kappa shape index (κ1) is 29.9. The molecule has 0 aliphatic rings. The summed E-state index contributed by atoms with van der Waals surface area (Å²) in [5.74, 6) is 0. The Hall–Kier alpha value is -0.123. The Labute approximate surface area is 194 Å². The predicted molar refractivity (Wildman–Crippen MR) is 142 cm³/mol. The minimum absolute atomic E-state index is 0.191. The van der Waals surface area contributed by atoms with Crippen molar-refractivity contribution in [3.8, 4) is 0 Å². The highest BCUT2D eigenvalue weighted by molar-refractivity contribution is 6.21. The Morgan fingerprint density at radius 3 is 0.800 bits per heavy atom. The van der Waals surface area contributed by atoms with E-state index in [0.717, 1.165) is 10.2 Å². The van der Waals surface area contributed by atoms with Gasteiger partial charge in [0.2, 0.25) is 0 Å². The van der Waals surface area contributed by atoms with Crippen LogP contribution < -0.4 is 0 Å². The van der Waals surface area contributed by atoms with Gasteiger partial charge in [0.15, 0.2) is 0 Å². The van der Waals surface area contributed by atoms with E-state index >= 15 is 0 Å². The predicted octanol–water partition coefficient (Wildman–Crippen LogP) is 6.53. The van der Waals surface area contributed by atoms with Gasteiger partial charge >= 0.3 is 0 Å². The summed E-state index contributed by atoms with van der Waals surface area (Å²) in [6.45, 7) is 43.0. The van der Waals surface area contributed by atoms with Crippen molar-refractivity contribution < 1.29 is 0 Å². The molecule has 0 N–H and O–H groups in total. The molecule has 0 saturated heterocycles. The molecular formula is C27H58N2Si. The van der Waals surface area contributed by atoms with E-state index in [2.05, 4.69) is 127 Å². The van der Waals surface area contributed by atoms with Crippen LogP contribution >= 0.6 is 0 Å². The van der Waals surface area contributed by atoms with Crippen molar-refractivity contribution in [3.05, 3.63) is 11.8 Å². The number of hydrogen-bond acceptors (Lipinski definition) is 2. The zero-order valence-corrected chi connectivity index (χ0v) is 26.0. The molecule has 0 aromatic rings. The summed E-state index contributed by atoms with van der Waals surface area (Å²) >= 11 is 0. The molecule has 0 aliphatic heterocycles. The molecule has 0 radical (unpaired) electrons. The topological polar surface area (TPSA) is 6.48 Å². The average Bonchev–Trinajstić information content (AvgIpc) is 2.49. The van der Waals surface area contributed by atoms with E-state index in [1.54, 1.807) is 0 Å². The highest BCUT2D eigenvalue weighted by Crippen LogP contribution is 2.40. The maximum absolute atomic E-state index is 4.63. The summed E-state index contributed by atoms with van der Waals surface area (Å²) in [5, 5.41) is 1.38. The first-order valence-corrected chi connectivity index (χ1v) is 13.2. The molecule has 0 heterocycles. The van der Waals surface area contributed by atoms with Crippen LogP contribution in [0.15, 0.2) is 11.8 Å². The normalized spacial score (nSPS) is 19.7. The zero-order chi connectivity index (χ0) is 24.6. The van der Waals surface area contributed by atoms with Crippen molar-refractivity contribution >= 4 is 10.2 Å². The molecule has 0 aliphatic carbocycles. The maximum atomic E-state index is 4.63. The molecule has 0 spiro atoms. The quantitative estimate of drug-likeness (QED) is 0.329. The molecule has 0 aromatic carbocycles. The average molecular weight is 439 g/mol. The molecule has 30 heavy (non-hydrogen) atoms. The number of nitrogens with zero attached hydrogens (tertiary/aromatic N) is 2. The Morgan fingerprint density at radius 2 is 0.700 bits per heavy atom. The fraction of sp³-hybridized carbons (Fsp3) is 0.926. The summed E-state index contributed by atoms with van der Waals surface area (Å²) in [7, 11) is 1.00. The first-order valence-electron chi connectivity index (χ1n) is 12.2. The summed E-state index contributed by atoms with van der Waals surface area (Å²) < 4.78 is 0. The van der Waals surface area contributed by atoms with Crippen LogP contribution in [0.3, 0.4) is 0 Å². The lowest BCUT2D eigenvalue weighted by molar-refractivity contribution is -0.104. The third-order valence-corrected chi connectivity index (χ3v) is 8.32. The second kappa shape index (κ2) is 9.79. The summed E-state index contributed by atoms with van der Waals surface area (Å²) in [6, 6.07) is 1.74. The van der Waals surface area contributed by atoms with Gasteiger partial charge < -0.3 is 0 Å². The lowest BCUT2D eigenvalue weighted by Crippen LogP contribution is -2.66. The van der Waals surface area contributed by atoms with Gasteiger partial charge in [-0.25, -0.2) is 0 Å². The molecule has 0 aromatic heterocycles. The maximum Gasteiger partial charge on any atom is 0.0806 e.